The molecule has 0 aliphatic carbocycles. The second kappa shape index (κ2) is 5.77. The molecule has 0 rings (SSSR count). The van der Waals surface area contributed by atoms with Gasteiger partial charge in [-0.1, -0.05) is 19.4 Å². The zero-order valence-electron chi connectivity index (χ0n) is 8.02. The van der Waals surface area contributed by atoms with Crippen molar-refractivity contribution in [3.8, 4) is 0 Å². The van der Waals surface area contributed by atoms with Crippen LogP contribution in [-0.4, -0.2) is 12.7 Å². The maximum Gasteiger partial charge on any atom is 0.334 e. The summed E-state index contributed by atoms with van der Waals surface area (Å²) >= 11 is 0. The van der Waals surface area contributed by atoms with Crippen LogP contribution in [0, 0.1) is 0 Å². The average molecular weight is 171 g/mol. The van der Waals surface area contributed by atoms with Crippen molar-refractivity contribution < 1.29 is 9.53 Å². The lowest BCUT2D eigenvalue weighted by Crippen LogP contribution is -2.13. The number of nitrogens with two attached hydrogens (primary N) is 1. The summed E-state index contributed by atoms with van der Waals surface area (Å²) in [5.41, 5.74) is 6.92. The fraction of sp³-hybridized carbons (Fsp3) is 0.667. The Kier molecular flexibility index (Phi) is 5.37. The van der Waals surface area contributed by atoms with Crippen LogP contribution in [0.1, 0.15) is 33.6 Å². The summed E-state index contributed by atoms with van der Waals surface area (Å²) in [4.78, 5) is 11.1. The van der Waals surface area contributed by atoms with Gasteiger partial charge in [-0.2, -0.15) is 0 Å². The Morgan fingerprint density at radius 2 is 1.83 bits per heavy atom. The molecule has 0 bridgehead atoms. The first kappa shape index (κ1) is 11.2. The van der Waals surface area contributed by atoms with E-state index >= 15 is 0 Å². The van der Waals surface area contributed by atoms with Gasteiger partial charge in [0.2, 0.25) is 0 Å². The van der Waals surface area contributed by atoms with E-state index in [0.717, 1.165) is 18.4 Å². The van der Waals surface area contributed by atoms with Gasteiger partial charge in [0.1, 0.15) is 6.73 Å². The molecule has 0 aliphatic heterocycles. The first-order chi connectivity index (χ1) is 5.67. The van der Waals surface area contributed by atoms with Gasteiger partial charge in [0.05, 0.1) is 0 Å². The van der Waals surface area contributed by atoms with Crippen LogP contribution in [0.2, 0.25) is 0 Å². The predicted octanol–water partition coefficient (Wildman–Crippen LogP) is 1.58. The molecule has 2 N–H and O–H groups in total. The highest BCUT2D eigenvalue weighted by atomic mass is 16.5. The second-order valence-corrected chi connectivity index (χ2v) is 2.53. The molecule has 3 heteroatoms. The molecule has 70 valence electrons. The molecular weight excluding hydrogens is 154 g/mol. The number of carbonyl (C=O) groups excluding carboxylic acids is 1. The van der Waals surface area contributed by atoms with Crippen molar-refractivity contribution in [2.45, 2.75) is 33.6 Å². The Balaban J connectivity index is 4.39. The van der Waals surface area contributed by atoms with Gasteiger partial charge in [0.25, 0.3) is 0 Å². The normalized spacial score (nSPS) is 9.33. The van der Waals surface area contributed by atoms with Gasteiger partial charge in [0, 0.05) is 5.57 Å². The van der Waals surface area contributed by atoms with Crippen molar-refractivity contribution in [1.82, 2.24) is 0 Å². The molecule has 0 saturated carbocycles. The highest BCUT2D eigenvalue weighted by Crippen LogP contribution is 2.13. The third kappa shape index (κ3) is 3.05. The fourth-order valence-corrected chi connectivity index (χ4v) is 1.11. The van der Waals surface area contributed by atoms with Crippen molar-refractivity contribution in [3.05, 3.63) is 11.1 Å². The fourth-order valence-electron chi connectivity index (χ4n) is 1.11. The van der Waals surface area contributed by atoms with Gasteiger partial charge >= 0.3 is 5.97 Å². The first-order valence-electron chi connectivity index (χ1n) is 4.23. The lowest BCUT2D eigenvalue weighted by Gasteiger charge is -2.06. The molecule has 0 aromatic carbocycles. The second-order valence-electron chi connectivity index (χ2n) is 2.53. The highest BCUT2D eigenvalue weighted by Gasteiger charge is 2.08. The molecule has 0 amide bonds. The summed E-state index contributed by atoms with van der Waals surface area (Å²) < 4.78 is 4.67. The van der Waals surface area contributed by atoms with Crippen LogP contribution in [0.25, 0.3) is 0 Å². The van der Waals surface area contributed by atoms with Gasteiger partial charge in [-0.25, -0.2) is 4.79 Å². The predicted molar refractivity (Wildman–Crippen MR) is 48.4 cm³/mol. The molecule has 3 nitrogen and oxygen atoms in total. The molecule has 12 heavy (non-hydrogen) atoms. The van der Waals surface area contributed by atoms with Crippen molar-refractivity contribution in [3.63, 3.8) is 0 Å². The van der Waals surface area contributed by atoms with Crippen molar-refractivity contribution in [2.75, 3.05) is 6.73 Å². The van der Waals surface area contributed by atoms with Crippen LogP contribution < -0.4 is 5.73 Å². The molecule has 0 fully saturated rings. The van der Waals surface area contributed by atoms with E-state index < -0.39 is 0 Å². The topological polar surface area (TPSA) is 52.3 Å². The largest absolute Gasteiger partial charge is 0.447 e. The van der Waals surface area contributed by atoms with Crippen LogP contribution >= 0.6 is 0 Å². The number of hydrogen-bond acceptors (Lipinski definition) is 3. The number of ether oxygens (including phenoxy) is 1. The molecule has 0 aliphatic rings. The molecule has 0 aromatic rings. The van der Waals surface area contributed by atoms with E-state index in [2.05, 4.69) is 4.74 Å². The summed E-state index contributed by atoms with van der Waals surface area (Å²) in [6.07, 6.45) is 1.78. The van der Waals surface area contributed by atoms with E-state index in [1.807, 2.05) is 13.8 Å². The number of rotatable bonds is 4. The lowest BCUT2D eigenvalue weighted by atomic mass is 10.1. The smallest absolute Gasteiger partial charge is 0.334 e. The molecule has 0 saturated heterocycles. The Morgan fingerprint density at radius 1 is 1.33 bits per heavy atom. The minimum Gasteiger partial charge on any atom is -0.447 e. The van der Waals surface area contributed by atoms with Crippen LogP contribution in [0.5, 0.6) is 0 Å². The van der Waals surface area contributed by atoms with Crippen molar-refractivity contribution >= 4 is 5.97 Å². The van der Waals surface area contributed by atoms with E-state index in [1.165, 1.54) is 0 Å². The summed E-state index contributed by atoms with van der Waals surface area (Å²) in [5, 5.41) is 0. The number of carbonyl (C=O) groups is 1. The number of esters is 1. The maximum atomic E-state index is 11.1. The Bertz CT molecular complexity index is 179. The minimum absolute atomic E-state index is 0.0448. The van der Waals surface area contributed by atoms with Gasteiger partial charge in [0.15, 0.2) is 0 Å². The van der Waals surface area contributed by atoms with Crippen LogP contribution in [0.3, 0.4) is 0 Å². The van der Waals surface area contributed by atoms with Gasteiger partial charge in [-0.3, -0.25) is 5.73 Å². The van der Waals surface area contributed by atoms with Crippen molar-refractivity contribution in [1.29, 1.82) is 0 Å². The van der Waals surface area contributed by atoms with Gasteiger partial charge in [-0.15, -0.1) is 0 Å². The van der Waals surface area contributed by atoms with Crippen molar-refractivity contribution in [2.24, 2.45) is 5.73 Å². The van der Waals surface area contributed by atoms with Crippen LogP contribution in [0.15, 0.2) is 11.1 Å². The molecule has 0 radical (unpaired) electrons. The first-order valence-corrected chi connectivity index (χ1v) is 4.23. The molecular formula is C9H17NO2. The average Bonchev–Trinajstić information content (AvgIpc) is 2.07. The molecule has 0 spiro atoms. The zero-order chi connectivity index (χ0) is 9.56. The van der Waals surface area contributed by atoms with E-state index in [1.54, 1.807) is 6.92 Å². The minimum atomic E-state index is -0.295. The Labute approximate surface area is 73.6 Å². The van der Waals surface area contributed by atoms with E-state index in [-0.39, 0.29) is 12.7 Å². The number of allylic oxidation sites excluding steroid dienone is 1. The molecule has 0 atom stereocenters. The van der Waals surface area contributed by atoms with E-state index in [0.29, 0.717) is 5.57 Å². The summed E-state index contributed by atoms with van der Waals surface area (Å²) in [5.74, 6) is -0.295. The molecule has 0 unspecified atom stereocenters. The Hall–Kier alpha value is -0.830. The molecule has 0 heterocycles. The van der Waals surface area contributed by atoms with Crippen LogP contribution in [-0.2, 0) is 9.53 Å². The monoisotopic (exact) mass is 171 g/mol. The van der Waals surface area contributed by atoms with Gasteiger partial charge < -0.3 is 4.74 Å². The lowest BCUT2D eigenvalue weighted by molar-refractivity contribution is -0.138. The summed E-state index contributed by atoms with van der Waals surface area (Å²) in [6, 6.07) is 0. The van der Waals surface area contributed by atoms with Crippen LogP contribution in [0.4, 0.5) is 0 Å². The maximum absolute atomic E-state index is 11.1. The quantitative estimate of drug-likeness (QED) is 0.397. The summed E-state index contributed by atoms with van der Waals surface area (Å²) in [7, 11) is 0. The third-order valence-corrected chi connectivity index (χ3v) is 1.90. The standard InChI is InChI=1S/C9H17NO2/c1-4-8(5-2)7(3)9(11)12-6-10/h4-6,10H2,1-3H3. The molecule has 0 aromatic heterocycles. The zero-order valence-corrected chi connectivity index (χ0v) is 8.02. The SMILES string of the molecule is CCC(CC)=C(C)C(=O)OCN. The summed E-state index contributed by atoms with van der Waals surface area (Å²) in [6.45, 7) is 5.79. The highest BCUT2D eigenvalue weighted by molar-refractivity contribution is 5.88. The Morgan fingerprint density at radius 3 is 2.17 bits per heavy atom. The third-order valence-electron chi connectivity index (χ3n) is 1.90. The van der Waals surface area contributed by atoms with Gasteiger partial charge in [-0.05, 0) is 19.8 Å². The van der Waals surface area contributed by atoms with E-state index in [9.17, 15) is 4.79 Å². The van der Waals surface area contributed by atoms with E-state index in [4.69, 9.17) is 5.73 Å². The number of hydrogen-bond donors (Lipinski definition) is 1.